The molecule has 324 valence electrons. The third-order valence-corrected chi connectivity index (χ3v) is 26.2. The number of halogens is 3. The van der Waals surface area contributed by atoms with Crippen molar-refractivity contribution in [1.82, 2.24) is 0 Å². The van der Waals surface area contributed by atoms with Gasteiger partial charge in [0.25, 0.3) is 0 Å². The summed E-state index contributed by atoms with van der Waals surface area (Å²) in [5.74, 6) is -4.12. The summed E-state index contributed by atoms with van der Waals surface area (Å²) in [6.45, 7) is 34.9. The summed E-state index contributed by atoms with van der Waals surface area (Å²) >= 11 is 0. The van der Waals surface area contributed by atoms with Gasteiger partial charge in [0.2, 0.25) is 0 Å². The van der Waals surface area contributed by atoms with E-state index < -0.39 is 72.8 Å². The van der Waals surface area contributed by atoms with Crippen molar-refractivity contribution in [2.45, 2.75) is 167 Å². The predicted molar refractivity (Wildman–Crippen MR) is 222 cm³/mol. The summed E-state index contributed by atoms with van der Waals surface area (Å²) in [6, 6.07) is 7.59. The van der Waals surface area contributed by atoms with Gasteiger partial charge in [-0.1, -0.05) is 81.4 Å². The monoisotopic (exact) mass is 850 g/mol. The zero-order valence-electron chi connectivity index (χ0n) is 37.5. The summed E-state index contributed by atoms with van der Waals surface area (Å²) in [5.41, 5.74) is -0.0928. The number of carbonyl (C=O) groups excluding carboxylic acids is 2. The van der Waals surface area contributed by atoms with Gasteiger partial charge in [-0.15, -0.1) is 0 Å². The highest BCUT2D eigenvalue weighted by atomic mass is 28.4. The van der Waals surface area contributed by atoms with Crippen molar-refractivity contribution < 1.29 is 55.0 Å². The number of methoxy groups -OCH3 is 1. The van der Waals surface area contributed by atoms with Gasteiger partial charge in [0, 0.05) is 25.0 Å². The van der Waals surface area contributed by atoms with Crippen molar-refractivity contribution in [2.24, 2.45) is 17.8 Å². The first-order valence-electron chi connectivity index (χ1n) is 19.7. The van der Waals surface area contributed by atoms with Crippen LogP contribution in [0.15, 0.2) is 24.3 Å². The zero-order valence-corrected chi connectivity index (χ0v) is 40.5. The van der Waals surface area contributed by atoms with E-state index in [9.17, 15) is 22.8 Å². The molecule has 0 N–H and O–H groups in total. The number of aldehydes is 1. The van der Waals surface area contributed by atoms with E-state index in [0.717, 1.165) is 11.3 Å². The van der Waals surface area contributed by atoms with Crippen LogP contribution in [0.1, 0.15) is 81.7 Å². The molecule has 0 unspecified atom stereocenters. The maximum atomic E-state index is 14.1. The maximum absolute atomic E-state index is 14.1. The molecule has 1 heterocycles. The smallest absolute Gasteiger partial charge is 0.490 e. The Hall–Kier alpha value is -1.60. The summed E-state index contributed by atoms with van der Waals surface area (Å²) in [6.07, 6.45) is -7.75. The molecule has 1 fully saturated rings. The SMILES string of the molecule is COc1ccc(COC[C@H](C)[C@H]2O[C@@]2(C)[C@@H](O[Si](C)(C)C(C)(C)C)[C@@H](CO[Si](C)(C)C(C)(C)C)[C@H](OC(=O)C(F)(F)F)[C@@H](C=O)CO[Si](C)(C)C(C)(C)C)cc1. The van der Waals surface area contributed by atoms with Crippen LogP contribution in [0.4, 0.5) is 13.2 Å². The molecular weight excluding hydrogens is 778 g/mol. The Morgan fingerprint density at radius 2 is 1.30 bits per heavy atom. The summed E-state index contributed by atoms with van der Waals surface area (Å²) < 4.78 is 86.4. The average Bonchev–Trinajstić information content (AvgIpc) is 3.74. The molecule has 1 aromatic carbocycles. The van der Waals surface area contributed by atoms with Crippen molar-refractivity contribution in [3.05, 3.63) is 29.8 Å². The van der Waals surface area contributed by atoms with E-state index in [2.05, 4.69) is 54.6 Å². The Kier molecular flexibility index (Phi) is 16.6. The average molecular weight is 851 g/mol. The number of alkyl halides is 3. The molecule has 1 aliphatic rings. The van der Waals surface area contributed by atoms with E-state index in [4.69, 9.17) is 32.2 Å². The first kappa shape index (κ1) is 50.5. The van der Waals surface area contributed by atoms with Crippen LogP contribution in [-0.2, 0) is 43.7 Å². The van der Waals surface area contributed by atoms with E-state index in [1.807, 2.05) is 85.1 Å². The van der Waals surface area contributed by atoms with Crippen LogP contribution in [-0.4, -0.2) is 94.2 Å². The van der Waals surface area contributed by atoms with Crippen LogP contribution in [0, 0.1) is 17.8 Å². The number of hydrogen-bond acceptors (Lipinski definition) is 9. The number of ether oxygens (including phenoxy) is 4. The molecule has 1 saturated heterocycles. The molecule has 0 aliphatic carbocycles. The van der Waals surface area contributed by atoms with Crippen LogP contribution in [0.3, 0.4) is 0 Å². The molecule has 0 amide bonds. The molecule has 56 heavy (non-hydrogen) atoms. The van der Waals surface area contributed by atoms with Gasteiger partial charge in [-0.05, 0) is 79.0 Å². The van der Waals surface area contributed by atoms with Crippen molar-refractivity contribution in [3.8, 4) is 5.75 Å². The van der Waals surface area contributed by atoms with E-state index in [0.29, 0.717) is 19.5 Å². The van der Waals surface area contributed by atoms with Crippen molar-refractivity contribution in [3.63, 3.8) is 0 Å². The summed E-state index contributed by atoms with van der Waals surface area (Å²) in [4.78, 5) is 26.0. The molecule has 2 rings (SSSR count). The maximum Gasteiger partial charge on any atom is 0.490 e. The first-order valence-corrected chi connectivity index (χ1v) is 28.4. The number of rotatable bonds is 20. The fraction of sp³-hybridized carbons (Fsp3) is 0.805. The van der Waals surface area contributed by atoms with Gasteiger partial charge in [0.1, 0.15) is 23.7 Å². The Labute approximate surface area is 338 Å². The van der Waals surface area contributed by atoms with Gasteiger partial charge in [0.15, 0.2) is 25.0 Å². The van der Waals surface area contributed by atoms with Crippen LogP contribution >= 0.6 is 0 Å². The standard InChI is InChI=1S/C41H73F3O9Si3/c1-28(24-48-25-29-19-21-31(47-12)22-20-29)34-40(11,52-34)35(53-56(17,18)39(8,9)10)32(27-50-55(15,16)38(5,6)7)33(51-36(46)41(42,43)44)30(23-45)26-49-54(13,14)37(2,3)4/h19-23,28,30,32-35H,24-27H2,1-18H3/t28-,30-,32-,33+,34+,35-,40+/m0/s1. The molecule has 9 nitrogen and oxygen atoms in total. The molecule has 7 atom stereocenters. The second kappa shape index (κ2) is 18.3. The van der Waals surface area contributed by atoms with Crippen LogP contribution in [0.25, 0.3) is 0 Å². The number of benzene rings is 1. The molecule has 0 spiro atoms. The lowest BCUT2D eigenvalue weighted by Crippen LogP contribution is -2.58. The minimum absolute atomic E-state index is 0.135. The predicted octanol–water partition coefficient (Wildman–Crippen LogP) is 10.3. The lowest BCUT2D eigenvalue weighted by atomic mass is 9.80. The highest BCUT2D eigenvalue weighted by Crippen LogP contribution is 2.52. The Morgan fingerprint density at radius 3 is 1.73 bits per heavy atom. The fourth-order valence-corrected chi connectivity index (χ4v) is 9.22. The number of esters is 1. The number of carbonyl (C=O) groups is 2. The second-order valence-corrected chi connectivity index (χ2v) is 34.7. The molecule has 0 aromatic heterocycles. The van der Waals surface area contributed by atoms with Crippen molar-refractivity contribution in [2.75, 3.05) is 26.9 Å². The molecule has 0 saturated carbocycles. The highest BCUT2D eigenvalue weighted by Gasteiger charge is 2.65. The Bertz CT molecular complexity index is 1430. The van der Waals surface area contributed by atoms with E-state index in [1.54, 1.807) is 7.11 Å². The number of epoxide rings is 1. The topological polar surface area (TPSA) is 102 Å². The zero-order chi connectivity index (χ0) is 43.5. The van der Waals surface area contributed by atoms with Crippen LogP contribution in [0.5, 0.6) is 5.75 Å². The van der Waals surface area contributed by atoms with Gasteiger partial charge in [-0.25, -0.2) is 4.79 Å². The highest BCUT2D eigenvalue weighted by molar-refractivity contribution is 6.75. The van der Waals surface area contributed by atoms with Gasteiger partial charge >= 0.3 is 12.1 Å². The molecule has 0 bridgehead atoms. The van der Waals surface area contributed by atoms with Gasteiger partial charge in [-0.2, -0.15) is 13.2 Å². The molecular formula is C41H73F3O9Si3. The van der Waals surface area contributed by atoms with Gasteiger partial charge < -0.3 is 37.0 Å². The van der Waals surface area contributed by atoms with E-state index in [1.165, 1.54) is 0 Å². The summed E-state index contributed by atoms with van der Waals surface area (Å²) in [5, 5.41) is -0.845. The molecule has 15 heteroatoms. The molecule has 1 aromatic rings. The Morgan fingerprint density at radius 1 is 0.821 bits per heavy atom. The van der Waals surface area contributed by atoms with Crippen molar-refractivity contribution >= 4 is 37.2 Å². The van der Waals surface area contributed by atoms with E-state index >= 15 is 0 Å². The lowest BCUT2D eigenvalue weighted by molar-refractivity contribution is -0.213. The third-order valence-electron chi connectivity index (χ3n) is 12.8. The molecule has 1 aliphatic heterocycles. The third kappa shape index (κ3) is 12.9. The normalized spacial score (nSPS) is 21.5. The minimum Gasteiger partial charge on any atom is -0.497 e. The summed E-state index contributed by atoms with van der Waals surface area (Å²) in [7, 11) is -6.21. The van der Waals surface area contributed by atoms with E-state index in [-0.39, 0.29) is 34.2 Å². The first-order chi connectivity index (χ1) is 25.1. The fourth-order valence-electron chi connectivity index (χ4n) is 5.74. The van der Waals surface area contributed by atoms with Gasteiger partial charge in [0.05, 0.1) is 38.4 Å². The lowest BCUT2D eigenvalue weighted by Gasteiger charge is -2.46. The van der Waals surface area contributed by atoms with Crippen molar-refractivity contribution in [1.29, 1.82) is 0 Å². The minimum atomic E-state index is -5.31. The quantitative estimate of drug-likeness (QED) is 0.0549. The largest absolute Gasteiger partial charge is 0.497 e. The van der Waals surface area contributed by atoms with Crippen LogP contribution in [0.2, 0.25) is 54.4 Å². The van der Waals surface area contributed by atoms with Crippen LogP contribution < -0.4 is 4.74 Å². The Balaban J connectivity index is 2.74. The van der Waals surface area contributed by atoms with Gasteiger partial charge in [-0.3, -0.25) is 0 Å². The second-order valence-electron chi connectivity index (χ2n) is 20.3. The molecule has 0 radical (unpaired) electrons. The number of hydrogen-bond donors (Lipinski definition) is 0.